The third kappa shape index (κ3) is 3.94. The fraction of sp³-hybridized carbons (Fsp3) is 0.357. The SMILES string of the molecule is CCNC1(c2c(Cl)cc(C(F)(F)F)cc2Br)NNC(C(N)=NO)=C1S(C)=O. The van der Waals surface area contributed by atoms with Crippen molar-refractivity contribution in [2.45, 2.75) is 18.8 Å². The fourth-order valence-corrected chi connectivity index (χ4v) is 5.13. The molecule has 0 saturated carbocycles. The number of alkyl halides is 3. The standard InChI is InChI=1S/C14H16BrClF3N5O2S/c1-3-21-13(11(27(2)26)10(22-24-13)12(20)23-25)9-7(15)4-6(5-8(9)16)14(17,18)19/h4-5,21-22,24-25H,3H2,1-2H3,(H2,20,23). The second-order valence-electron chi connectivity index (χ2n) is 5.49. The lowest BCUT2D eigenvalue weighted by atomic mass is 9.97. The third-order valence-corrected chi connectivity index (χ3v) is 5.79. The lowest BCUT2D eigenvalue weighted by molar-refractivity contribution is -0.137. The number of oxime groups is 1. The maximum atomic E-state index is 13.1. The number of hydrogen-bond donors (Lipinski definition) is 5. The predicted octanol–water partition coefficient (Wildman–Crippen LogP) is 2.33. The van der Waals surface area contributed by atoms with Crippen molar-refractivity contribution in [3.63, 3.8) is 0 Å². The van der Waals surface area contributed by atoms with Crippen LogP contribution >= 0.6 is 27.5 Å². The summed E-state index contributed by atoms with van der Waals surface area (Å²) in [5, 5.41) is 14.7. The normalized spacial score (nSPS) is 22.1. The quantitative estimate of drug-likeness (QED) is 0.187. The highest BCUT2D eigenvalue weighted by molar-refractivity contribution is 9.10. The van der Waals surface area contributed by atoms with Crippen molar-refractivity contribution in [2.24, 2.45) is 10.9 Å². The second kappa shape index (κ2) is 7.95. The summed E-state index contributed by atoms with van der Waals surface area (Å²) in [4.78, 5) is 0.113. The first kappa shape index (κ1) is 22.0. The van der Waals surface area contributed by atoms with E-state index in [4.69, 9.17) is 22.5 Å². The van der Waals surface area contributed by atoms with Gasteiger partial charge in [-0.1, -0.05) is 39.6 Å². The van der Waals surface area contributed by atoms with Crippen LogP contribution in [0.3, 0.4) is 0 Å². The van der Waals surface area contributed by atoms with Gasteiger partial charge in [-0.2, -0.15) is 13.2 Å². The Morgan fingerprint density at radius 1 is 1.52 bits per heavy atom. The number of amidine groups is 1. The Labute approximate surface area is 168 Å². The number of likely N-dealkylation sites (N-methyl/N-ethyl adjacent to an activating group) is 1. The molecule has 2 unspecified atom stereocenters. The Kier molecular flexibility index (Phi) is 6.47. The van der Waals surface area contributed by atoms with Crippen molar-refractivity contribution < 1.29 is 22.6 Å². The van der Waals surface area contributed by atoms with Crippen LogP contribution in [0.2, 0.25) is 5.02 Å². The van der Waals surface area contributed by atoms with E-state index in [1.807, 2.05) is 0 Å². The molecule has 1 heterocycles. The largest absolute Gasteiger partial charge is 0.416 e. The molecular formula is C14H16BrClF3N5O2S. The Morgan fingerprint density at radius 2 is 2.15 bits per heavy atom. The van der Waals surface area contributed by atoms with Crippen molar-refractivity contribution in [1.29, 1.82) is 0 Å². The minimum Gasteiger partial charge on any atom is -0.409 e. The highest BCUT2D eigenvalue weighted by Gasteiger charge is 2.48. The minimum absolute atomic E-state index is 0.0290. The first-order valence-corrected chi connectivity index (χ1v) is 10.1. The van der Waals surface area contributed by atoms with Gasteiger partial charge in [0.1, 0.15) is 5.70 Å². The summed E-state index contributed by atoms with van der Waals surface area (Å²) in [6, 6.07) is 1.65. The van der Waals surface area contributed by atoms with E-state index < -0.39 is 28.2 Å². The molecule has 1 aromatic rings. The highest BCUT2D eigenvalue weighted by Crippen LogP contribution is 2.44. The second-order valence-corrected chi connectivity index (χ2v) is 8.06. The topological polar surface area (TPSA) is 112 Å². The van der Waals surface area contributed by atoms with Crippen LogP contribution in [-0.4, -0.2) is 28.1 Å². The Bertz CT molecular complexity index is 826. The van der Waals surface area contributed by atoms with Crippen molar-refractivity contribution in [3.05, 3.63) is 43.4 Å². The fourth-order valence-electron chi connectivity index (χ4n) is 2.80. The molecule has 0 saturated heterocycles. The van der Waals surface area contributed by atoms with E-state index in [0.717, 1.165) is 12.1 Å². The van der Waals surface area contributed by atoms with E-state index in [-0.39, 0.29) is 31.5 Å². The van der Waals surface area contributed by atoms with Crippen molar-refractivity contribution in [3.8, 4) is 0 Å². The molecule has 0 fully saturated rings. The van der Waals surface area contributed by atoms with Gasteiger partial charge in [-0.25, -0.2) is 5.43 Å². The molecule has 1 aliphatic heterocycles. The molecule has 0 amide bonds. The van der Waals surface area contributed by atoms with Gasteiger partial charge in [0.15, 0.2) is 11.5 Å². The third-order valence-electron chi connectivity index (χ3n) is 3.78. The van der Waals surface area contributed by atoms with E-state index in [1.54, 1.807) is 6.92 Å². The molecule has 1 aromatic carbocycles. The smallest absolute Gasteiger partial charge is 0.409 e. The summed E-state index contributed by atoms with van der Waals surface area (Å²) >= 11 is 9.34. The summed E-state index contributed by atoms with van der Waals surface area (Å²) in [7, 11) is -1.69. The van der Waals surface area contributed by atoms with Crippen LogP contribution in [0.5, 0.6) is 0 Å². The van der Waals surface area contributed by atoms with E-state index in [1.165, 1.54) is 6.26 Å². The molecule has 0 aromatic heterocycles. The van der Waals surface area contributed by atoms with Gasteiger partial charge in [-0.3, -0.25) is 9.53 Å². The van der Waals surface area contributed by atoms with Gasteiger partial charge in [0.05, 0.1) is 21.3 Å². The predicted molar refractivity (Wildman–Crippen MR) is 100 cm³/mol. The summed E-state index contributed by atoms with van der Waals surface area (Å²) < 4.78 is 51.8. The summed E-state index contributed by atoms with van der Waals surface area (Å²) in [6.45, 7) is 2.07. The number of hydrazine groups is 1. The van der Waals surface area contributed by atoms with Crippen molar-refractivity contribution in [2.75, 3.05) is 12.8 Å². The van der Waals surface area contributed by atoms with E-state index >= 15 is 0 Å². The van der Waals surface area contributed by atoms with Crippen LogP contribution in [0, 0.1) is 0 Å². The van der Waals surface area contributed by atoms with Gasteiger partial charge in [-0.05, 0) is 18.7 Å². The Hall–Kier alpha value is -1.34. The van der Waals surface area contributed by atoms with Gasteiger partial charge in [-0.15, -0.1) is 0 Å². The molecule has 1 aliphatic rings. The van der Waals surface area contributed by atoms with Gasteiger partial charge in [0, 0.05) is 21.3 Å². The van der Waals surface area contributed by atoms with Gasteiger partial charge >= 0.3 is 6.18 Å². The molecule has 150 valence electrons. The molecule has 7 nitrogen and oxygen atoms in total. The van der Waals surface area contributed by atoms with E-state index in [9.17, 15) is 17.4 Å². The zero-order valence-electron chi connectivity index (χ0n) is 14.0. The first-order valence-electron chi connectivity index (χ1n) is 7.40. The number of nitrogens with one attached hydrogen (secondary N) is 3. The molecule has 2 rings (SSSR count). The average molecular weight is 491 g/mol. The van der Waals surface area contributed by atoms with Gasteiger partial charge < -0.3 is 16.4 Å². The van der Waals surface area contributed by atoms with Crippen molar-refractivity contribution in [1.82, 2.24) is 16.2 Å². The summed E-state index contributed by atoms with van der Waals surface area (Å²) in [5.41, 5.74) is 8.92. The van der Waals surface area contributed by atoms with Crippen LogP contribution in [0.25, 0.3) is 0 Å². The number of benzene rings is 1. The van der Waals surface area contributed by atoms with Crippen LogP contribution < -0.4 is 21.9 Å². The van der Waals surface area contributed by atoms with Crippen LogP contribution in [0.1, 0.15) is 18.1 Å². The number of nitrogens with two attached hydrogens (primary N) is 1. The lowest BCUT2D eigenvalue weighted by Crippen LogP contribution is -2.55. The number of rotatable bonds is 5. The number of hydrogen-bond acceptors (Lipinski definition) is 6. The molecule has 13 heteroatoms. The zero-order valence-corrected chi connectivity index (χ0v) is 17.2. The van der Waals surface area contributed by atoms with Crippen LogP contribution in [0.4, 0.5) is 13.2 Å². The van der Waals surface area contributed by atoms with Gasteiger partial charge in [0.25, 0.3) is 0 Å². The Balaban J connectivity index is 2.82. The monoisotopic (exact) mass is 489 g/mol. The zero-order chi connectivity index (χ0) is 20.6. The molecular weight excluding hydrogens is 475 g/mol. The molecule has 2 atom stereocenters. The molecule has 0 spiro atoms. The van der Waals surface area contributed by atoms with Crippen LogP contribution in [-0.2, 0) is 22.6 Å². The lowest BCUT2D eigenvalue weighted by Gasteiger charge is -2.34. The summed E-state index contributed by atoms with van der Waals surface area (Å²) in [6.07, 6.45) is -3.24. The maximum Gasteiger partial charge on any atom is 0.416 e. The number of nitrogens with zero attached hydrogens (tertiary/aromatic N) is 1. The molecule has 0 bridgehead atoms. The molecule has 6 N–H and O–H groups in total. The average Bonchev–Trinajstić information content (AvgIpc) is 2.93. The molecule has 27 heavy (non-hydrogen) atoms. The maximum absolute atomic E-state index is 13.1. The molecule has 0 aliphatic carbocycles. The van der Waals surface area contributed by atoms with E-state index in [2.05, 4.69) is 37.3 Å². The minimum atomic E-state index is -4.59. The summed E-state index contributed by atoms with van der Waals surface area (Å²) in [5.74, 6) is -0.355. The molecule has 0 radical (unpaired) electrons. The van der Waals surface area contributed by atoms with E-state index in [0.29, 0.717) is 6.54 Å². The number of halogens is 5. The first-order chi connectivity index (χ1) is 12.5. The Morgan fingerprint density at radius 3 is 2.59 bits per heavy atom. The van der Waals surface area contributed by atoms with Crippen LogP contribution in [0.15, 0.2) is 32.4 Å². The highest BCUT2D eigenvalue weighted by atomic mass is 79.9. The van der Waals surface area contributed by atoms with Gasteiger partial charge in [0.2, 0.25) is 0 Å². The van der Waals surface area contributed by atoms with Crippen molar-refractivity contribution >= 4 is 44.2 Å².